The van der Waals surface area contributed by atoms with E-state index < -0.39 is 34.9 Å². The summed E-state index contributed by atoms with van der Waals surface area (Å²) >= 11 is 0. The minimum absolute atomic E-state index is 0.112. The maximum atomic E-state index is 13.3. The molecule has 3 atom stereocenters. The third-order valence-corrected chi connectivity index (χ3v) is 4.82. The summed E-state index contributed by atoms with van der Waals surface area (Å²) in [5.41, 5.74) is 5.49. The highest BCUT2D eigenvalue weighted by atomic mass is 16.6. The van der Waals surface area contributed by atoms with Gasteiger partial charge in [-0.2, -0.15) is 0 Å². The van der Waals surface area contributed by atoms with Gasteiger partial charge < -0.3 is 20.4 Å². The average molecular weight is 416 g/mol. The molecule has 10 nitrogen and oxygen atoms in total. The van der Waals surface area contributed by atoms with E-state index in [9.17, 15) is 24.5 Å². The number of nitrogens with zero attached hydrogens (tertiary/aromatic N) is 4. The predicted octanol–water partition coefficient (Wildman–Crippen LogP) is 0.569. The lowest BCUT2D eigenvalue weighted by Gasteiger charge is -2.35. The summed E-state index contributed by atoms with van der Waals surface area (Å²) in [6.45, 7) is 5.78. The van der Waals surface area contributed by atoms with Crippen molar-refractivity contribution in [2.45, 2.75) is 64.6 Å². The molecule has 0 radical (unpaired) electrons. The average Bonchev–Trinajstić information content (AvgIpc) is 2.60. The van der Waals surface area contributed by atoms with E-state index in [0.717, 1.165) is 0 Å². The molecule has 10 heteroatoms. The Morgan fingerprint density at radius 3 is 1.93 bits per heavy atom. The number of nitro groups is 1. The molecule has 1 unspecified atom stereocenters. The summed E-state index contributed by atoms with van der Waals surface area (Å²) in [7, 11) is 6.34. The molecule has 3 amide bonds. The smallest absolute Gasteiger partial charge is 0.246 e. The van der Waals surface area contributed by atoms with Gasteiger partial charge in [0.1, 0.15) is 12.1 Å². The number of amides is 3. The molecule has 0 aliphatic heterocycles. The number of nitrogens with two attached hydrogens (primary N) is 1. The molecular formula is C19H37N5O5. The van der Waals surface area contributed by atoms with Crippen LogP contribution in [-0.2, 0) is 14.4 Å². The van der Waals surface area contributed by atoms with Gasteiger partial charge in [0, 0.05) is 31.9 Å². The van der Waals surface area contributed by atoms with E-state index in [-0.39, 0.29) is 31.2 Å². The van der Waals surface area contributed by atoms with E-state index >= 15 is 0 Å². The van der Waals surface area contributed by atoms with E-state index in [4.69, 9.17) is 5.73 Å². The van der Waals surface area contributed by atoms with Crippen LogP contribution >= 0.6 is 0 Å². The Hall–Kier alpha value is -2.23. The van der Waals surface area contributed by atoms with Crippen LogP contribution in [0, 0.1) is 16.0 Å². The molecule has 0 aromatic rings. The molecule has 29 heavy (non-hydrogen) atoms. The highest BCUT2D eigenvalue weighted by Crippen LogP contribution is 2.17. The summed E-state index contributed by atoms with van der Waals surface area (Å²) in [4.78, 5) is 52.9. The lowest BCUT2D eigenvalue weighted by molar-refractivity contribution is -0.524. The van der Waals surface area contributed by atoms with E-state index in [1.165, 1.54) is 23.9 Å². The largest absolute Gasteiger partial charge is 0.368 e. The number of hydrogen-bond acceptors (Lipinski definition) is 6. The minimum Gasteiger partial charge on any atom is -0.368 e. The summed E-state index contributed by atoms with van der Waals surface area (Å²) in [6, 6.07) is -2.94. The van der Waals surface area contributed by atoms with Crippen molar-refractivity contribution >= 4 is 17.7 Å². The monoisotopic (exact) mass is 415 g/mol. The molecule has 168 valence electrons. The number of carbonyl (C=O) groups excluding carboxylic acids is 3. The first-order valence-corrected chi connectivity index (χ1v) is 9.93. The van der Waals surface area contributed by atoms with Crippen molar-refractivity contribution in [1.29, 1.82) is 0 Å². The zero-order chi connectivity index (χ0) is 22.9. The zero-order valence-corrected chi connectivity index (χ0v) is 18.8. The Labute approximate surface area is 173 Å². The van der Waals surface area contributed by atoms with E-state index in [2.05, 4.69) is 0 Å². The van der Waals surface area contributed by atoms with E-state index in [1.54, 1.807) is 19.0 Å². The number of likely N-dealkylation sites (N-methyl/N-ethyl adjacent to an activating group) is 3. The fourth-order valence-electron chi connectivity index (χ4n) is 3.20. The Balaban J connectivity index is 5.87. The van der Waals surface area contributed by atoms with Gasteiger partial charge in [-0.1, -0.05) is 20.8 Å². The molecule has 0 spiro atoms. The Bertz CT molecular complexity index is 581. The van der Waals surface area contributed by atoms with Gasteiger partial charge in [-0.15, -0.1) is 0 Å². The Morgan fingerprint density at radius 2 is 1.55 bits per heavy atom. The lowest BCUT2D eigenvalue weighted by Crippen LogP contribution is -2.55. The van der Waals surface area contributed by atoms with Crippen molar-refractivity contribution < 1.29 is 19.3 Å². The number of primary amides is 1. The SMILES string of the molecule is CCCC(=O)N(C)[C@H](CC(CN(C)C)[N+](=O)[O-])C(=O)N(C)[C@@H](CC(C)C)C(N)=O. The number of carbonyl (C=O) groups is 3. The van der Waals surface area contributed by atoms with E-state index in [1.807, 2.05) is 20.8 Å². The second kappa shape index (κ2) is 12.4. The Kier molecular flexibility index (Phi) is 11.4. The normalized spacial score (nSPS) is 14.4. The molecule has 0 aromatic carbocycles. The first kappa shape index (κ1) is 26.8. The zero-order valence-electron chi connectivity index (χ0n) is 18.8. The van der Waals surface area contributed by atoms with Crippen LogP contribution in [-0.4, -0.2) is 90.2 Å². The maximum absolute atomic E-state index is 13.3. The fraction of sp³-hybridized carbons (Fsp3) is 0.842. The second-order valence-corrected chi connectivity index (χ2v) is 8.20. The van der Waals surface area contributed by atoms with Gasteiger partial charge in [-0.05, 0) is 32.9 Å². The molecule has 0 rings (SSSR count). The van der Waals surface area contributed by atoms with Crippen LogP contribution in [0.4, 0.5) is 0 Å². The molecular weight excluding hydrogens is 378 g/mol. The van der Waals surface area contributed by atoms with Crippen LogP contribution in [0.5, 0.6) is 0 Å². The molecule has 0 fully saturated rings. The molecule has 0 aliphatic carbocycles. The van der Waals surface area contributed by atoms with Crippen LogP contribution in [0.25, 0.3) is 0 Å². The third-order valence-electron chi connectivity index (χ3n) is 4.82. The van der Waals surface area contributed by atoms with Crippen molar-refractivity contribution in [2.75, 3.05) is 34.7 Å². The fourth-order valence-corrected chi connectivity index (χ4v) is 3.20. The first-order chi connectivity index (χ1) is 13.3. The molecule has 0 aliphatic rings. The minimum atomic E-state index is -1.05. The molecule has 0 saturated heterocycles. The van der Waals surface area contributed by atoms with Crippen LogP contribution in [0.2, 0.25) is 0 Å². The second-order valence-electron chi connectivity index (χ2n) is 8.20. The van der Waals surface area contributed by atoms with Crippen molar-refractivity contribution in [3.8, 4) is 0 Å². The third kappa shape index (κ3) is 8.76. The highest BCUT2D eigenvalue weighted by Gasteiger charge is 2.38. The lowest BCUT2D eigenvalue weighted by atomic mass is 9.99. The van der Waals surface area contributed by atoms with Gasteiger partial charge in [0.15, 0.2) is 0 Å². The summed E-state index contributed by atoms with van der Waals surface area (Å²) in [6.07, 6.45) is 1.04. The summed E-state index contributed by atoms with van der Waals surface area (Å²) in [5.74, 6) is -1.33. The standard InChI is InChI=1S/C19H37N5O5/c1-8-9-17(25)22(6)16(11-14(24(28)29)12-21(4)5)19(27)23(7)15(18(20)26)10-13(2)3/h13-16H,8-12H2,1-7H3,(H2,20,26)/t14?,15-,16+/m0/s1. The van der Waals surface area contributed by atoms with Crippen molar-refractivity contribution in [2.24, 2.45) is 11.7 Å². The van der Waals surface area contributed by atoms with Crippen LogP contribution in [0.15, 0.2) is 0 Å². The van der Waals surface area contributed by atoms with E-state index in [0.29, 0.717) is 12.8 Å². The van der Waals surface area contributed by atoms with Crippen molar-refractivity contribution in [3.63, 3.8) is 0 Å². The summed E-state index contributed by atoms with van der Waals surface area (Å²) in [5, 5.41) is 11.5. The van der Waals surface area contributed by atoms with Gasteiger partial charge in [-0.25, -0.2) is 0 Å². The first-order valence-electron chi connectivity index (χ1n) is 9.93. The van der Waals surface area contributed by atoms with Crippen LogP contribution in [0.1, 0.15) is 46.5 Å². The van der Waals surface area contributed by atoms with Crippen molar-refractivity contribution in [1.82, 2.24) is 14.7 Å². The highest BCUT2D eigenvalue weighted by molar-refractivity contribution is 5.91. The molecule has 2 N–H and O–H groups in total. The van der Waals surface area contributed by atoms with Gasteiger partial charge >= 0.3 is 0 Å². The van der Waals surface area contributed by atoms with Gasteiger partial charge in [0.25, 0.3) is 0 Å². The van der Waals surface area contributed by atoms with Crippen molar-refractivity contribution in [3.05, 3.63) is 10.1 Å². The quantitative estimate of drug-likeness (QED) is 0.346. The van der Waals surface area contributed by atoms with Gasteiger partial charge in [0.2, 0.25) is 23.8 Å². The summed E-state index contributed by atoms with van der Waals surface area (Å²) < 4.78 is 0. The predicted molar refractivity (Wildman–Crippen MR) is 111 cm³/mol. The maximum Gasteiger partial charge on any atom is 0.246 e. The van der Waals surface area contributed by atoms with Crippen LogP contribution in [0.3, 0.4) is 0 Å². The van der Waals surface area contributed by atoms with Gasteiger partial charge in [-0.3, -0.25) is 24.5 Å². The molecule has 0 aromatic heterocycles. The number of rotatable bonds is 13. The van der Waals surface area contributed by atoms with Crippen LogP contribution < -0.4 is 5.73 Å². The molecule has 0 bridgehead atoms. The van der Waals surface area contributed by atoms with Gasteiger partial charge in [0.05, 0.1) is 6.54 Å². The topological polar surface area (TPSA) is 130 Å². The Morgan fingerprint density at radius 1 is 1.00 bits per heavy atom. The molecule has 0 heterocycles. The molecule has 0 saturated carbocycles. The number of hydrogen-bond donors (Lipinski definition) is 1.